The van der Waals surface area contributed by atoms with Crippen molar-refractivity contribution in [1.82, 2.24) is 5.32 Å². The van der Waals surface area contributed by atoms with Crippen LogP contribution in [0.2, 0.25) is 0 Å². The minimum absolute atomic E-state index is 0.0360. The molecule has 0 saturated heterocycles. The van der Waals surface area contributed by atoms with Gasteiger partial charge in [-0.25, -0.2) is 0 Å². The molecule has 2 aromatic carbocycles. The van der Waals surface area contributed by atoms with Gasteiger partial charge >= 0.3 is 0 Å². The minimum Gasteiger partial charge on any atom is -0.375 e. The molecule has 4 heteroatoms. The summed E-state index contributed by atoms with van der Waals surface area (Å²) in [6.45, 7) is 3.70. The largest absolute Gasteiger partial charge is 0.375 e. The maximum atomic E-state index is 11.7. The molecule has 0 spiro atoms. The Hall–Kier alpha value is -1.78. The van der Waals surface area contributed by atoms with E-state index in [1.807, 2.05) is 42.5 Å². The van der Waals surface area contributed by atoms with Gasteiger partial charge in [0.25, 0.3) is 0 Å². The standard InChI is InChI=1S/C18H21NO2S/c1-15-7-9-17(10-8-15)22-14-18(20)19-11-12-21-13-16-5-3-2-4-6-16/h2-10H,11-14H2,1H3,(H,19,20). The van der Waals surface area contributed by atoms with Gasteiger partial charge in [-0.15, -0.1) is 11.8 Å². The number of thioether (sulfide) groups is 1. The molecule has 1 N–H and O–H groups in total. The molecule has 3 nitrogen and oxygen atoms in total. The Bertz CT molecular complexity index is 569. The van der Waals surface area contributed by atoms with Crippen molar-refractivity contribution in [3.05, 3.63) is 65.7 Å². The molecule has 0 fully saturated rings. The van der Waals surface area contributed by atoms with Gasteiger partial charge in [0.1, 0.15) is 0 Å². The summed E-state index contributed by atoms with van der Waals surface area (Å²) in [5, 5.41) is 2.87. The quantitative estimate of drug-likeness (QED) is 0.599. The lowest BCUT2D eigenvalue weighted by Gasteiger charge is -2.07. The highest BCUT2D eigenvalue weighted by molar-refractivity contribution is 8.00. The maximum Gasteiger partial charge on any atom is 0.230 e. The van der Waals surface area contributed by atoms with Crippen LogP contribution in [-0.2, 0) is 16.1 Å². The lowest BCUT2D eigenvalue weighted by molar-refractivity contribution is -0.118. The maximum absolute atomic E-state index is 11.7. The van der Waals surface area contributed by atoms with Gasteiger partial charge in [0, 0.05) is 11.4 Å². The number of hydrogen-bond donors (Lipinski definition) is 1. The predicted octanol–water partition coefficient (Wildman–Crippen LogP) is 3.42. The lowest BCUT2D eigenvalue weighted by Crippen LogP contribution is -2.28. The number of aryl methyl sites for hydroxylation is 1. The van der Waals surface area contributed by atoms with E-state index >= 15 is 0 Å². The molecule has 0 aromatic heterocycles. The Labute approximate surface area is 136 Å². The SMILES string of the molecule is Cc1ccc(SCC(=O)NCCOCc2ccccc2)cc1. The number of carbonyl (C=O) groups excluding carboxylic acids is 1. The second-order valence-corrected chi connectivity index (χ2v) is 6.04. The fraction of sp³-hybridized carbons (Fsp3) is 0.278. The second-order valence-electron chi connectivity index (χ2n) is 4.99. The van der Waals surface area contributed by atoms with Gasteiger partial charge in [-0.2, -0.15) is 0 Å². The Balaban J connectivity index is 1.55. The van der Waals surface area contributed by atoms with Crippen molar-refractivity contribution in [1.29, 1.82) is 0 Å². The highest BCUT2D eigenvalue weighted by Gasteiger charge is 2.02. The number of rotatable bonds is 8. The molecule has 0 unspecified atom stereocenters. The zero-order valence-corrected chi connectivity index (χ0v) is 13.6. The number of nitrogens with one attached hydrogen (secondary N) is 1. The number of benzene rings is 2. The van der Waals surface area contributed by atoms with E-state index in [9.17, 15) is 4.79 Å². The first-order valence-electron chi connectivity index (χ1n) is 7.32. The average Bonchev–Trinajstić information content (AvgIpc) is 2.55. The van der Waals surface area contributed by atoms with Gasteiger partial charge in [-0.3, -0.25) is 4.79 Å². The van der Waals surface area contributed by atoms with Crippen LogP contribution in [0, 0.1) is 6.92 Å². The van der Waals surface area contributed by atoms with Gasteiger partial charge in [-0.1, -0.05) is 48.0 Å². The fourth-order valence-corrected chi connectivity index (χ4v) is 2.59. The molecule has 0 aliphatic heterocycles. The molecular formula is C18H21NO2S. The van der Waals surface area contributed by atoms with Gasteiger partial charge < -0.3 is 10.1 Å². The van der Waals surface area contributed by atoms with Crippen molar-refractivity contribution in [3.8, 4) is 0 Å². The van der Waals surface area contributed by atoms with Gasteiger partial charge in [0.05, 0.1) is 19.0 Å². The smallest absolute Gasteiger partial charge is 0.230 e. The Morgan fingerprint density at radius 1 is 1.09 bits per heavy atom. The normalized spacial score (nSPS) is 10.4. The van der Waals surface area contributed by atoms with Crippen molar-refractivity contribution >= 4 is 17.7 Å². The van der Waals surface area contributed by atoms with Crippen molar-refractivity contribution in [2.24, 2.45) is 0 Å². The van der Waals surface area contributed by atoms with Crippen LogP contribution >= 0.6 is 11.8 Å². The van der Waals surface area contributed by atoms with Crippen molar-refractivity contribution < 1.29 is 9.53 Å². The molecule has 0 aliphatic rings. The highest BCUT2D eigenvalue weighted by atomic mass is 32.2. The van der Waals surface area contributed by atoms with Crippen LogP contribution in [0.5, 0.6) is 0 Å². The number of amides is 1. The number of ether oxygens (including phenoxy) is 1. The van der Waals surface area contributed by atoms with E-state index in [4.69, 9.17) is 4.74 Å². The zero-order valence-electron chi connectivity index (χ0n) is 12.7. The molecule has 22 heavy (non-hydrogen) atoms. The molecule has 0 aliphatic carbocycles. The Morgan fingerprint density at radius 2 is 1.82 bits per heavy atom. The van der Waals surface area contributed by atoms with Crippen LogP contribution in [-0.4, -0.2) is 24.8 Å². The Kier molecular flexibility index (Phi) is 7.00. The first-order chi connectivity index (χ1) is 10.7. The summed E-state index contributed by atoms with van der Waals surface area (Å²) in [6.07, 6.45) is 0. The molecule has 116 valence electrons. The van der Waals surface area contributed by atoms with Crippen LogP contribution in [0.1, 0.15) is 11.1 Å². The second kappa shape index (κ2) is 9.28. The van der Waals surface area contributed by atoms with E-state index < -0.39 is 0 Å². The molecule has 0 saturated carbocycles. The van der Waals surface area contributed by atoms with E-state index in [0.29, 0.717) is 25.5 Å². The van der Waals surface area contributed by atoms with Crippen molar-refractivity contribution in [2.75, 3.05) is 18.9 Å². The summed E-state index contributed by atoms with van der Waals surface area (Å²) in [4.78, 5) is 12.8. The van der Waals surface area contributed by atoms with Crippen LogP contribution in [0.4, 0.5) is 0 Å². The molecule has 2 aromatic rings. The first-order valence-corrected chi connectivity index (χ1v) is 8.30. The van der Waals surface area contributed by atoms with Gasteiger partial charge in [0.2, 0.25) is 5.91 Å². The van der Waals surface area contributed by atoms with Gasteiger partial charge in [0.15, 0.2) is 0 Å². The summed E-state index contributed by atoms with van der Waals surface area (Å²) >= 11 is 1.55. The topological polar surface area (TPSA) is 38.3 Å². The molecule has 2 rings (SSSR count). The van der Waals surface area contributed by atoms with Crippen molar-refractivity contribution in [2.45, 2.75) is 18.4 Å². The third-order valence-corrected chi connectivity index (χ3v) is 4.08. The summed E-state index contributed by atoms with van der Waals surface area (Å²) in [6, 6.07) is 18.2. The van der Waals surface area contributed by atoms with Crippen LogP contribution < -0.4 is 5.32 Å². The first kappa shape index (κ1) is 16.6. The Morgan fingerprint density at radius 3 is 2.55 bits per heavy atom. The van der Waals surface area contributed by atoms with E-state index in [0.717, 1.165) is 10.5 Å². The molecular weight excluding hydrogens is 294 g/mol. The summed E-state index contributed by atoms with van der Waals surface area (Å²) < 4.78 is 5.52. The van der Waals surface area contributed by atoms with Crippen molar-refractivity contribution in [3.63, 3.8) is 0 Å². The average molecular weight is 315 g/mol. The molecule has 0 bridgehead atoms. The molecule has 0 atom stereocenters. The number of carbonyl (C=O) groups is 1. The summed E-state index contributed by atoms with van der Waals surface area (Å²) in [5.74, 6) is 0.468. The lowest BCUT2D eigenvalue weighted by atomic mass is 10.2. The van der Waals surface area contributed by atoms with Crippen LogP contribution in [0.15, 0.2) is 59.5 Å². The summed E-state index contributed by atoms with van der Waals surface area (Å²) in [5.41, 5.74) is 2.37. The third kappa shape index (κ3) is 6.33. The third-order valence-electron chi connectivity index (χ3n) is 3.07. The summed E-state index contributed by atoms with van der Waals surface area (Å²) in [7, 11) is 0. The van der Waals surface area contributed by atoms with Crippen LogP contribution in [0.25, 0.3) is 0 Å². The van der Waals surface area contributed by atoms with E-state index in [1.165, 1.54) is 5.56 Å². The van der Waals surface area contributed by atoms with E-state index in [1.54, 1.807) is 11.8 Å². The van der Waals surface area contributed by atoms with E-state index in [2.05, 4.69) is 24.4 Å². The van der Waals surface area contributed by atoms with Gasteiger partial charge in [-0.05, 0) is 24.6 Å². The monoisotopic (exact) mass is 315 g/mol. The zero-order chi connectivity index (χ0) is 15.6. The fourth-order valence-electron chi connectivity index (χ4n) is 1.86. The minimum atomic E-state index is 0.0360. The number of hydrogen-bond acceptors (Lipinski definition) is 3. The molecule has 0 radical (unpaired) electrons. The molecule has 1 amide bonds. The highest BCUT2D eigenvalue weighted by Crippen LogP contribution is 2.17. The predicted molar refractivity (Wildman–Crippen MR) is 91.0 cm³/mol. The van der Waals surface area contributed by atoms with Crippen LogP contribution in [0.3, 0.4) is 0 Å². The van der Waals surface area contributed by atoms with E-state index in [-0.39, 0.29) is 5.91 Å². The molecule has 0 heterocycles.